The van der Waals surface area contributed by atoms with Crippen LogP contribution in [0.1, 0.15) is 6.42 Å². The first kappa shape index (κ1) is 19.2. The number of carbonyl (C=O) groups excluding carboxylic acids is 1. The Bertz CT molecular complexity index is 956. The molecule has 3 aromatic rings. The molecule has 1 saturated heterocycles. The third-order valence-corrected chi connectivity index (χ3v) is 4.96. The van der Waals surface area contributed by atoms with Crippen molar-refractivity contribution in [1.29, 1.82) is 0 Å². The molecule has 1 amide bonds. The van der Waals surface area contributed by atoms with Crippen LogP contribution >= 0.6 is 11.6 Å². The zero-order valence-electron chi connectivity index (χ0n) is 15.8. The minimum Gasteiger partial charge on any atom is -0.353 e. The van der Waals surface area contributed by atoms with E-state index in [0.29, 0.717) is 36.9 Å². The van der Waals surface area contributed by atoms with E-state index in [-0.39, 0.29) is 11.9 Å². The van der Waals surface area contributed by atoms with E-state index in [4.69, 9.17) is 16.1 Å². The van der Waals surface area contributed by atoms with Crippen LogP contribution in [0.25, 0.3) is 11.4 Å². The second-order valence-electron chi connectivity index (χ2n) is 6.67. The molecule has 0 atom stereocenters. The molecule has 3 heterocycles. The van der Waals surface area contributed by atoms with Gasteiger partial charge in [0.15, 0.2) is 0 Å². The maximum atomic E-state index is 12.5. The Balaban J connectivity index is 1.23. The summed E-state index contributed by atoms with van der Waals surface area (Å²) in [6.45, 7) is 3.37. The molecule has 1 aliphatic heterocycles. The molecule has 0 radical (unpaired) electrons. The number of carbonyl (C=O) groups is 1. The van der Waals surface area contributed by atoms with Gasteiger partial charge in [-0.1, -0.05) is 35.0 Å². The van der Waals surface area contributed by atoms with Crippen molar-refractivity contribution in [3.05, 3.63) is 53.7 Å². The molecule has 150 valence electrons. The van der Waals surface area contributed by atoms with E-state index in [9.17, 15) is 4.79 Å². The van der Waals surface area contributed by atoms with E-state index in [1.54, 1.807) is 18.3 Å². The number of benzene rings is 1. The molecule has 0 saturated carbocycles. The van der Waals surface area contributed by atoms with Crippen molar-refractivity contribution in [3.8, 4) is 11.4 Å². The van der Waals surface area contributed by atoms with Crippen LogP contribution in [0.2, 0.25) is 5.02 Å². The number of rotatable bonds is 6. The van der Waals surface area contributed by atoms with Crippen LogP contribution < -0.4 is 10.2 Å². The van der Waals surface area contributed by atoms with Crippen LogP contribution in [0.3, 0.4) is 0 Å². The van der Waals surface area contributed by atoms with Gasteiger partial charge in [-0.15, -0.1) is 0 Å². The Hall–Kier alpha value is -3.13. The topological polar surface area (TPSA) is 87.4 Å². The number of hydrogen-bond acceptors (Lipinski definition) is 7. The molecule has 2 aromatic heterocycles. The fourth-order valence-electron chi connectivity index (χ4n) is 3.20. The molecule has 1 aromatic carbocycles. The Kier molecular flexibility index (Phi) is 5.90. The smallest absolute Gasteiger partial charge is 0.321 e. The van der Waals surface area contributed by atoms with Crippen LogP contribution in [0.5, 0.6) is 0 Å². The Morgan fingerprint density at radius 3 is 2.76 bits per heavy atom. The van der Waals surface area contributed by atoms with Crippen molar-refractivity contribution in [2.75, 3.05) is 42.9 Å². The van der Waals surface area contributed by atoms with E-state index >= 15 is 0 Å². The van der Waals surface area contributed by atoms with E-state index < -0.39 is 0 Å². The quantitative estimate of drug-likeness (QED) is 0.665. The minimum absolute atomic E-state index is 0.104. The number of hydrogen-bond donors (Lipinski definition) is 1. The van der Waals surface area contributed by atoms with Gasteiger partial charge in [0.2, 0.25) is 11.7 Å². The highest BCUT2D eigenvalue weighted by atomic mass is 35.5. The van der Waals surface area contributed by atoms with Crippen LogP contribution in [0.4, 0.5) is 11.8 Å². The lowest BCUT2D eigenvalue weighted by Crippen LogP contribution is -2.49. The largest absolute Gasteiger partial charge is 0.353 e. The number of nitrogens with zero attached hydrogens (tertiary/aromatic N) is 5. The first-order valence-corrected chi connectivity index (χ1v) is 9.84. The average molecular weight is 413 g/mol. The highest BCUT2D eigenvalue weighted by Crippen LogP contribution is 2.21. The van der Waals surface area contributed by atoms with Crippen LogP contribution in [-0.4, -0.2) is 58.7 Å². The lowest BCUT2D eigenvalue weighted by atomic mass is 10.2. The van der Waals surface area contributed by atoms with Gasteiger partial charge in [0.05, 0.1) is 0 Å². The van der Waals surface area contributed by atoms with Gasteiger partial charge < -0.3 is 19.6 Å². The second kappa shape index (κ2) is 8.91. The molecule has 0 spiro atoms. The zero-order valence-corrected chi connectivity index (χ0v) is 16.5. The van der Waals surface area contributed by atoms with Crippen LogP contribution in [0.15, 0.2) is 53.2 Å². The molecule has 0 bridgehead atoms. The van der Waals surface area contributed by atoms with Crippen molar-refractivity contribution in [3.63, 3.8) is 0 Å². The zero-order chi connectivity index (χ0) is 20.1. The van der Waals surface area contributed by atoms with Crippen molar-refractivity contribution in [2.24, 2.45) is 0 Å². The summed E-state index contributed by atoms with van der Waals surface area (Å²) in [7, 11) is 0. The third kappa shape index (κ3) is 4.83. The predicted octanol–water partition coefficient (Wildman–Crippen LogP) is 2.94. The van der Waals surface area contributed by atoms with E-state index in [2.05, 4.69) is 25.3 Å². The standard InChI is InChI=1S/C20H21ClN6O2/c21-16-5-3-4-15(14-16)19-24-20(29-25-19)23-9-7-18(28)27-12-10-26(11-13-27)17-6-1-2-8-22-17/h1-6,8,14H,7,9-13H2,(H,23,24,25). The van der Waals surface area contributed by atoms with E-state index in [0.717, 1.165) is 24.5 Å². The van der Waals surface area contributed by atoms with E-state index in [1.807, 2.05) is 35.2 Å². The molecule has 1 fully saturated rings. The lowest BCUT2D eigenvalue weighted by Gasteiger charge is -2.35. The predicted molar refractivity (Wildman–Crippen MR) is 111 cm³/mol. The summed E-state index contributed by atoms with van der Waals surface area (Å²) in [4.78, 5) is 25.2. The van der Waals surface area contributed by atoms with Gasteiger partial charge in [-0.3, -0.25) is 4.79 Å². The minimum atomic E-state index is 0.104. The summed E-state index contributed by atoms with van der Waals surface area (Å²) in [6, 6.07) is 13.4. The molecular formula is C20H21ClN6O2. The average Bonchev–Trinajstić information content (AvgIpc) is 3.23. The number of anilines is 2. The van der Waals surface area contributed by atoms with Gasteiger partial charge in [0, 0.05) is 55.9 Å². The lowest BCUT2D eigenvalue weighted by molar-refractivity contribution is -0.131. The SMILES string of the molecule is O=C(CCNc1nc(-c2cccc(Cl)c2)no1)N1CCN(c2ccccn2)CC1. The summed E-state index contributed by atoms with van der Waals surface area (Å²) >= 11 is 5.99. The molecule has 0 aliphatic carbocycles. The molecule has 1 aliphatic rings. The van der Waals surface area contributed by atoms with Gasteiger partial charge >= 0.3 is 6.01 Å². The highest BCUT2D eigenvalue weighted by Gasteiger charge is 2.21. The van der Waals surface area contributed by atoms with Crippen molar-refractivity contribution >= 4 is 29.3 Å². The van der Waals surface area contributed by atoms with Crippen molar-refractivity contribution in [2.45, 2.75) is 6.42 Å². The number of pyridine rings is 1. The third-order valence-electron chi connectivity index (χ3n) is 4.73. The van der Waals surface area contributed by atoms with Crippen LogP contribution in [-0.2, 0) is 4.79 Å². The van der Waals surface area contributed by atoms with Gasteiger partial charge in [0.1, 0.15) is 5.82 Å². The summed E-state index contributed by atoms with van der Waals surface area (Å²) in [5.74, 6) is 1.51. The van der Waals surface area contributed by atoms with Gasteiger partial charge in [0.25, 0.3) is 0 Å². The fraction of sp³-hybridized carbons (Fsp3) is 0.300. The monoisotopic (exact) mass is 412 g/mol. The van der Waals surface area contributed by atoms with Gasteiger partial charge in [-0.25, -0.2) is 4.98 Å². The van der Waals surface area contributed by atoms with E-state index in [1.165, 1.54) is 0 Å². The Morgan fingerprint density at radius 1 is 1.14 bits per heavy atom. The second-order valence-corrected chi connectivity index (χ2v) is 7.10. The summed E-state index contributed by atoms with van der Waals surface area (Å²) < 4.78 is 5.20. The van der Waals surface area contributed by atoms with Crippen LogP contribution in [0, 0.1) is 0 Å². The highest BCUT2D eigenvalue weighted by molar-refractivity contribution is 6.30. The molecule has 9 heteroatoms. The van der Waals surface area contributed by atoms with Gasteiger partial charge in [-0.2, -0.15) is 4.98 Å². The first-order valence-electron chi connectivity index (χ1n) is 9.46. The molecule has 29 heavy (non-hydrogen) atoms. The maximum Gasteiger partial charge on any atom is 0.321 e. The Morgan fingerprint density at radius 2 is 2.00 bits per heavy atom. The molecule has 8 nitrogen and oxygen atoms in total. The van der Waals surface area contributed by atoms with Crippen molar-refractivity contribution < 1.29 is 9.32 Å². The number of amides is 1. The number of halogens is 1. The fourth-order valence-corrected chi connectivity index (χ4v) is 3.39. The first-order chi connectivity index (χ1) is 14.2. The number of aromatic nitrogens is 3. The summed E-state index contributed by atoms with van der Waals surface area (Å²) in [5.41, 5.74) is 0.774. The number of piperazine rings is 1. The summed E-state index contributed by atoms with van der Waals surface area (Å²) in [5, 5.41) is 7.56. The molecule has 0 unspecified atom stereocenters. The molecule has 4 rings (SSSR count). The summed E-state index contributed by atoms with van der Waals surface area (Å²) in [6.07, 6.45) is 2.15. The number of nitrogens with one attached hydrogen (secondary N) is 1. The van der Waals surface area contributed by atoms with Crippen molar-refractivity contribution in [1.82, 2.24) is 20.0 Å². The van der Waals surface area contributed by atoms with Gasteiger partial charge in [-0.05, 0) is 24.3 Å². The molecular weight excluding hydrogens is 392 g/mol. The molecule has 1 N–H and O–H groups in total. The Labute approximate surface area is 173 Å². The maximum absolute atomic E-state index is 12.5. The normalized spacial score (nSPS) is 14.1.